The second kappa shape index (κ2) is 10.1. The number of rotatable bonds is 7. The molecule has 1 aliphatic heterocycles. The van der Waals surface area contributed by atoms with E-state index in [-0.39, 0.29) is 24.4 Å². The van der Waals surface area contributed by atoms with E-state index in [1.807, 2.05) is 12.1 Å². The predicted octanol–water partition coefficient (Wildman–Crippen LogP) is 2.48. The number of allylic oxidation sites excluding steroid dienone is 2. The average molecular weight is 468 g/mol. The summed E-state index contributed by atoms with van der Waals surface area (Å²) in [7, 11) is 2.39. The van der Waals surface area contributed by atoms with E-state index in [1.54, 1.807) is 26.0 Å². The zero-order valence-electron chi connectivity index (χ0n) is 16.5. The zero-order valence-corrected chi connectivity index (χ0v) is 18.1. The molecule has 1 aromatic rings. The lowest BCUT2D eigenvalue weighted by molar-refractivity contribution is -0.151. The van der Waals surface area contributed by atoms with E-state index in [9.17, 15) is 14.4 Å². The quantitative estimate of drug-likeness (QED) is 0.370. The molecule has 0 aromatic heterocycles. The molecule has 8 nitrogen and oxygen atoms in total. The Morgan fingerprint density at radius 2 is 1.59 bits per heavy atom. The number of methoxy groups -OCH3 is 2. The van der Waals surface area contributed by atoms with Gasteiger partial charge in [-0.15, -0.1) is 0 Å². The Hall–Kier alpha value is -2.81. The summed E-state index contributed by atoms with van der Waals surface area (Å²) in [5, 5.41) is 2.91. The summed E-state index contributed by atoms with van der Waals surface area (Å²) < 4.78 is 21.2. The highest BCUT2D eigenvalue weighted by Gasteiger charge is 2.42. The molecule has 0 unspecified atom stereocenters. The highest BCUT2D eigenvalue weighted by atomic mass is 79.9. The van der Waals surface area contributed by atoms with Crippen LogP contribution >= 0.6 is 15.9 Å². The van der Waals surface area contributed by atoms with Crippen LogP contribution in [0.5, 0.6) is 5.75 Å². The number of esters is 3. The fraction of sp³-hybridized carbons (Fsp3) is 0.350. The normalized spacial score (nSPS) is 14.2. The highest BCUT2D eigenvalue weighted by molar-refractivity contribution is 9.10. The van der Waals surface area contributed by atoms with Gasteiger partial charge in [-0.25, -0.2) is 9.59 Å². The fourth-order valence-electron chi connectivity index (χ4n) is 2.93. The molecule has 156 valence electrons. The molecule has 1 heterocycles. The number of benzene rings is 1. The number of halogens is 1. The molecule has 0 radical (unpaired) electrons. The predicted molar refractivity (Wildman–Crippen MR) is 107 cm³/mol. The Labute approximate surface area is 177 Å². The van der Waals surface area contributed by atoms with Crippen molar-refractivity contribution in [3.63, 3.8) is 0 Å². The molecule has 1 aromatic carbocycles. The maximum absolute atomic E-state index is 12.8. The van der Waals surface area contributed by atoms with Crippen molar-refractivity contribution in [3.8, 4) is 5.75 Å². The van der Waals surface area contributed by atoms with Gasteiger partial charge in [-0.1, -0.05) is 22.0 Å². The first kappa shape index (κ1) is 22.5. The molecule has 0 bridgehead atoms. The van der Waals surface area contributed by atoms with Gasteiger partial charge in [0.05, 0.1) is 25.4 Å². The van der Waals surface area contributed by atoms with Crippen LogP contribution in [0.15, 0.2) is 51.3 Å². The number of hydrogen-bond donors (Lipinski definition) is 1. The van der Waals surface area contributed by atoms with Crippen molar-refractivity contribution in [3.05, 3.63) is 51.3 Å². The van der Waals surface area contributed by atoms with E-state index in [1.165, 1.54) is 14.2 Å². The van der Waals surface area contributed by atoms with Crippen LogP contribution in [0.1, 0.15) is 13.8 Å². The van der Waals surface area contributed by atoms with Crippen LogP contribution in [0.25, 0.3) is 0 Å². The van der Waals surface area contributed by atoms with Crippen LogP contribution in [0.2, 0.25) is 0 Å². The lowest BCUT2D eigenvalue weighted by Crippen LogP contribution is -2.38. The zero-order chi connectivity index (χ0) is 21.6. The number of hydrogen-bond acceptors (Lipinski definition) is 8. The molecular weight excluding hydrogens is 446 g/mol. The van der Waals surface area contributed by atoms with Crippen LogP contribution in [0, 0.1) is 5.92 Å². The van der Waals surface area contributed by atoms with E-state index in [2.05, 4.69) is 21.2 Å². The number of carbonyl (C=O) groups excluding carboxylic acids is 3. The molecular formula is C20H22BrNO7. The molecule has 1 aliphatic rings. The maximum atomic E-state index is 12.8. The molecule has 0 spiro atoms. The molecule has 1 N–H and O–H groups in total. The minimum Gasteiger partial charge on any atom is -0.490 e. The van der Waals surface area contributed by atoms with Crippen molar-refractivity contribution in [2.75, 3.05) is 27.4 Å². The Kier molecular flexibility index (Phi) is 7.83. The van der Waals surface area contributed by atoms with Crippen molar-refractivity contribution in [2.24, 2.45) is 5.92 Å². The molecule has 0 fully saturated rings. The largest absolute Gasteiger partial charge is 0.490 e. The second-order valence-corrected chi connectivity index (χ2v) is 7.01. The Morgan fingerprint density at radius 3 is 2.10 bits per heavy atom. The first-order chi connectivity index (χ1) is 13.8. The lowest BCUT2D eigenvalue weighted by Gasteiger charge is -2.28. The van der Waals surface area contributed by atoms with Crippen LogP contribution in [0.3, 0.4) is 0 Å². The summed E-state index contributed by atoms with van der Waals surface area (Å²) in [6, 6.07) is 7.21. The first-order valence-electron chi connectivity index (χ1n) is 8.70. The van der Waals surface area contributed by atoms with E-state index < -0.39 is 23.8 Å². The van der Waals surface area contributed by atoms with Crippen molar-refractivity contribution in [1.29, 1.82) is 0 Å². The number of carbonyl (C=O) groups is 3. The number of nitrogens with one attached hydrogen (secondary N) is 1. The minimum absolute atomic E-state index is 0.00333. The molecule has 0 aliphatic carbocycles. The standard InChI is InChI=1S/C20H22BrNO7/c1-11-15(18(23)26-3)17(16(12(2)22-11)19(24)27-4)20(25)29-9-8-28-14-7-5-6-13(21)10-14/h5-7,10,17,22H,8-9H2,1-4H3. The van der Waals surface area contributed by atoms with Gasteiger partial charge < -0.3 is 24.3 Å². The fourth-order valence-corrected chi connectivity index (χ4v) is 3.31. The van der Waals surface area contributed by atoms with Gasteiger partial charge in [0.2, 0.25) is 0 Å². The van der Waals surface area contributed by atoms with Crippen molar-refractivity contribution >= 4 is 33.8 Å². The van der Waals surface area contributed by atoms with Crippen LogP contribution in [-0.4, -0.2) is 45.3 Å². The van der Waals surface area contributed by atoms with E-state index in [4.69, 9.17) is 18.9 Å². The van der Waals surface area contributed by atoms with Crippen molar-refractivity contribution < 1.29 is 33.3 Å². The molecule has 0 saturated carbocycles. The average Bonchev–Trinajstić information content (AvgIpc) is 2.69. The molecule has 0 saturated heterocycles. The van der Waals surface area contributed by atoms with Crippen molar-refractivity contribution in [1.82, 2.24) is 5.32 Å². The van der Waals surface area contributed by atoms with Crippen LogP contribution in [0.4, 0.5) is 0 Å². The summed E-state index contributed by atoms with van der Waals surface area (Å²) in [5.74, 6) is -2.91. The summed E-state index contributed by atoms with van der Waals surface area (Å²) in [6.07, 6.45) is 0. The van der Waals surface area contributed by atoms with Crippen molar-refractivity contribution in [2.45, 2.75) is 13.8 Å². The smallest absolute Gasteiger partial charge is 0.336 e. The van der Waals surface area contributed by atoms with Gasteiger partial charge in [0.1, 0.15) is 24.9 Å². The Bertz CT molecular complexity index is 837. The van der Waals surface area contributed by atoms with Gasteiger partial charge in [-0.3, -0.25) is 4.79 Å². The second-order valence-electron chi connectivity index (χ2n) is 6.09. The van der Waals surface area contributed by atoms with Gasteiger partial charge in [0.15, 0.2) is 0 Å². The Morgan fingerprint density at radius 1 is 1.00 bits per heavy atom. The third-order valence-electron chi connectivity index (χ3n) is 4.20. The highest BCUT2D eigenvalue weighted by Crippen LogP contribution is 2.32. The van der Waals surface area contributed by atoms with Gasteiger partial charge in [-0.2, -0.15) is 0 Å². The third-order valence-corrected chi connectivity index (χ3v) is 4.69. The SMILES string of the molecule is COC(=O)C1=C(C)NC(C)=C(C(=O)OC)C1C(=O)OCCOc1cccc(Br)c1. The summed E-state index contributed by atoms with van der Waals surface area (Å²) in [6.45, 7) is 3.25. The topological polar surface area (TPSA) is 100 Å². The van der Waals surface area contributed by atoms with Gasteiger partial charge >= 0.3 is 17.9 Å². The first-order valence-corrected chi connectivity index (χ1v) is 9.49. The van der Waals surface area contributed by atoms with Gasteiger partial charge in [0.25, 0.3) is 0 Å². The molecule has 0 atom stereocenters. The van der Waals surface area contributed by atoms with E-state index in [0.717, 1.165) is 4.47 Å². The molecule has 9 heteroatoms. The monoisotopic (exact) mass is 467 g/mol. The molecule has 0 amide bonds. The number of ether oxygens (including phenoxy) is 4. The number of dihydropyridines is 1. The maximum Gasteiger partial charge on any atom is 0.336 e. The third kappa shape index (κ3) is 5.38. The molecule has 2 rings (SSSR count). The summed E-state index contributed by atoms with van der Waals surface area (Å²) in [4.78, 5) is 37.4. The minimum atomic E-state index is -1.26. The van der Waals surface area contributed by atoms with Gasteiger partial charge in [0, 0.05) is 15.9 Å². The van der Waals surface area contributed by atoms with E-state index >= 15 is 0 Å². The van der Waals surface area contributed by atoms with Crippen LogP contribution < -0.4 is 10.1 Å². The Balaban J connectivity index is 2.16. The van der Waals surface area contributed by atoms with E-state index in [0.29, 0.717) is 17.1 Å². The summed E-state index contributed by atoms with van der Waals surface area (Å²) in [5.41, 5.74) is 0.788. The van der Waals surface area contributed by atoms with Gasteiger partial charge in [-0.05, 0) is 32.0 Å². The molecule has 29 heavy (non-hydrogen) atoms. The summed E-state index contributed by atoms with van der Waals surface area (Å²) >= 11 is 3.34. The lowest BCUT2D eigenvalue weighted by atomic mass is 9.85. The van der Waals surface area contributed by atoms with Crippen LogP contribution in [-0.2, 0) is 28.6 Å².